The Morgan fingerprint density at radius 2 is 1.95 bits per heavy atom. The molecule has 1 atom stereocenters. The first-order valence-electron chi connectivity index (χ1n) is 13.6. The van der Waals surface area contributed by atoms with E-state index in [1.54, 1.807) is 30.5 Å². The number of fused-ring (bicyclic) bond motifs is 1. The number of nitrogens with zero attached hydrogens (tertiary/aromatic N) is 2. The van der Waals surface area contributed by atoms with Gasteiger partial charge in [0.25, 0.3) is 11.5 Å². The summed E-state index contributed by atoms with van der Waals surface area (Å²) in [6.07, 6.45) is 5.92. The Hall–Kier alpha value is -4.05. The second-order valence-electron chi connectivity index (χ2n) is 11.1. The minimum Gasteiger partial charge on any atom is -0.474 e. The molecule has 2 aromatic heterocycles. The smallest absolute Gasteiger partial charge is 0.318 e. The molecule has 1 aromatic carbocycles. The monoisotopic (exact) mass is 580 g/mol. The summed E-state index contributed by atoms with van der Waals surface area (Å²) in [5.74, 6) is 0.591. The number of amides is 1. The van der Waals surface area contributed by atoms with Gasteiger partial charge in [-0.05, 0) is 70.4 Å². The summed E-state index contributed by atoms with van der Waals surface area (Å²) >= 11 is 6.46. The molecule has 2 heterocycles. The van der Waals surface area contributed by atoms with Crippen molar-refractivity contribution in [3.05, 3.63) is 76.0 Å². The third-order valence-electron chi connectivity index (χ3n) is 6.83. The maximum atomic E-state index is 13.4. The minimum atomic E-state index is -0.398. The SMILES string of the molecule is C=C(NCC(NC(=O)c1ccc(Cl)c(NC(=C)c2cc3cnc(OC)nc3[nH]c2=O)c1)C1CCCC1)OC(C)(C)C. The van der Waals surface area contributed by atoms with Crippen molar-refractivity contribution in [2.75, 3.05) is 19.0 Å². The van der Waals surface area contributed by atoms with Crippen molar-refractivity contribution >= 4 is 39.9 Å². The molecular weight excluding hydrogens is 544 g/mol. The predicted octanol–water partition coefficient (Wildman–Crippen LogP) is 5.23. The van der Waals surface area contributed by atoms with Crippen LogP contribution in [0.25, 0.3) is 16.7 Å². The fourth-order valence-electron chi connectivity index (χ4n) is 4.87. The number of hydrogen-bond acceptors (Lipinski definition) is 8. The molecule has 1 unspecified atom stereocenters. The molecule has 10 nitrogen and oxygen atoms in total. The highest BCUT2D eigenvalue weighted by Gasteiger charge is 2.27. The largest absolute Gasteiger partial charge is 0.474 e. The number of aromatic nitrogens is 3. The first-order valence-corrected chi connectivity index (χ1v) is 13.9. The number of methoxy groups -OCH3 is 1. The molecule has 1 aliphatic carbocycles. The third kappa shape index (κ3) is 7.79. The van der Waals surface area contributed by atoms with Crippen molar-refractivity contribution in [3.63, 3.8) is 0 Å². The molecule has 0 spiro atoms. The normalized spacial score (nSPS) is 14.4. The molecule has 41 heavy (non-hydrogen) atoms. The quantitative estimate of drug-likeness (QED) is 0.227. The van der Waals surface area contributed by atoms with E-state index in [0.717, 1.165) is 25.7 Å². The summed E-state index contributed by atoms with van der Waals surface area (Å²) in [4.78, 5) is 37.1. The van der Waals surface area contributed by atoms with E-state index in [-0.39, 0.29) is 29.1 Å². The number of carbonyl (C=O) groups excluding carboxylic acids is 1. The van der Waals surface area contributed by atoms with Crippen molar-refractivity contribution in [2.24, 2.45) is 5.92 Å². The van der Waals surface area contributed by atoms with Gasteiger partial charge in [-0.25, -0.2) is 4.98 Å². The number of nitrogens with one attached hydrogen (secondary N) is 4. The summed E-state index contributed by atoms with van der Waals surface area (Å²) in [5, 5.41) is 10.5. The van der Waals surface area contributed by atoms with Crippen LogP contribution in [-0.2, 0) is 4.74 Å². The number of carbonyl (C=O) groups is 1. The Balaban J connectivity index is 1.49. The van der Waals surface area contributed by atoms with Crippen LogP contribution in [0.1, 0.15) is 62.4 Å². The van der Waals surface area contributed by atoms with Crippen molar-refractivity contribution in [3.8, 4) is 6.01 Å². The maximum absolute atomic E-state index is 13.4. The summed E-state index contributed by atoms with van der Waals surface area (Å²) in [7, 11) is 1.45. The number of anilines is 1. The first-order chi connectivity index (χ1) is 19.4. The van der Waals surface area contributed by atoms with Crippen LogP contribution in [-0.4, -0.2) is 46.2 Å². The highest BCUT2D eigenvalue weighted by molar-refractivity contribution is 6.33. The van der Waals surface area contributed by atoms with Gasteiger partial charge in [-0.3, -0.25) is 9.59 Å². The molecule has 1 amide bonds. The van der Waals surface area contributed by atoms with Gasteiger partial charge in [0.1, 0.15) is 11.2 Å². The van der Waals surface area contributed by atoms with Crippen molar-refractivity contribution < 1.29 is 14.3 Å². The molecule has 1 aliphatic rings. The van der Waals surface area contributed by atoms with Crippen LogP contribution in [0.3, 0.4) is 0 Å². The van der Waals surface area contributed by atoms with Gasteiger partial charge in [-0.2, -0.15) is 4.98 Å². The van der Waals surface area contributed by atoms with Crippen LogP contribution < -0.4 is 26.2 Å². The number of H-pyrrole nitrogens is 1. The first kappa shape index (κ1) is 29.9. The molecule has 0 radical (unpaired) electrons. The van der Waals surface area contributed by atoms with Gasteiger partial charge in [0, 0.05) is 35.4 Å². The number of hydrogen-bond donors (Lipinski definition) is 4. The Morgan fingerprint density at radius 1 is 1.22 bits per heavy atom. The Bertz CT molecular complexity index is 1510. The van der Waals surface area contributed by atoms with Crippen LogP contribution in [0.5, 0.6) is 6.01 Å². The Kier molecular flexibility index (Phi) is 9.22. The highest BCUT2D eigenvalue weighted by Crippen LogP contribution is 2.29. The Morgan fingerprint density at radius 3 is 2.63 bits per heavy atom. The molecule has 0 aliphatic heterocycles. The van der Waals surface area contributed by atoms with E-state index in [4.69, 9.17) is 21.1 Å². The Labute approximate surface area is 244 Å². The molecule has 4 N–H and O–H groups in total. The number of pyridine rings is 1. The van der Waals surface area contributed by atoms with E-state index in [1.165, 1.54) is 7.11 Å². The van der Waals surface area contributed by atoms with Gasteiger partial charge >= 0.3 is 6.01 Å². The van der Waals surface area contributed by atoms with Crippen molar-refractivity contribution in [1.82, 2.24) is 25.6 Å². The lowest BCUT2D eigenvalue weighted by Crippen LogP contribution is -2.46. The van der Waals surface area contributed by atoms with Crippen LogP contribution in [0.15, 0.2) is 54.3 Å². The van der Waals surface area contributed by atoms with E-state index in [0.29, 0.717) is 51.3 Å². The van der Waals surface area contributed by atoms with E-state index in [9.17, 15) is 9.59 Å². The van der Waals surface area contributed by atoms with Crippen molar-refractivity contribution in [1.29, 1.82) is 0 Å². The van der Waals surface area contributed by atoms with E-state index in [1.807, 2.05) is 20.8 Å². The zero-order valence-electron chi connectivity index (χ0n) is 23.9. The van der Waals surface area contributed by atoms with Crippen LogP contribution in [0, 0.1) is 5.92 Å². The summed E-state index contributed by atoms with van der Waals surface area (Å²) in [6, 6.07) is 6.62. The van der Waals surface area contributed by atoms with Crippen molar-refractivity contribution in [2.45, 2.75) is 58.1 Å². The average Bonchev–Trinajstić information content (AvgIpc) is 3.45. The van der Waals surface area contributed by atoms with Gasteiger partial charge in [0.2, 0.25) is 0 Å². The van der Waals surface area contributed by atoms with Crippen LogP contribution in [0.4, 0.5) is 5.69 Å². The molecule has 1 fully saturated rings. The fraction of sp³-hybridized carbons (Fsp3) is 0.400. The van der Waals surface area contributed by atoms with E-state index < -0.39 is 5.56 Å². The summed E-state index contributed by atoms with van der Waals surface area (Å²) in [5.41, 5.74) is 1.02. The average molecular weight is 581 g/mol. The zero-order chi connectivity index (χ0) is 29.7. The summed E-state index contributed by atoms with van der Waals surface area (Å²) < 4.78 is 10.8. The molecular formula is C30H37ClN6O4. The molecule has 4 rings (SSSR count). The highest BCUT2D eigenvalue weighted by atomic mass is 35.5. The molecule has 218 valence electrons. The summed E-state index contributed by atoms with van der Waals surface area (Å²) in [6.45, 7) is 14.4. The molecule has 1 saturated carbocycles. The number of aromatic amines is 1. The molecule has 0 bridgehead atoms. The number of rotatable bonds is 11. The molecule has 11 heteroatoms. The maximum Gasteiger partial charge on any atom is 0.318 e. The fourth-order valence-corrected chi connectivity index (χ4v) is 5.03. The zero-order valence-corrected chi connectivity index (χ0v) is 24.7. The lowest BCUT2D eigenvalue weighted by atomic mass is 9.97. The lowest BCUT2D eigenvalue weighted by molar-refractivity contribution is 0.0402. The van der Waals surface area contributed by atoms with Gasteiger partial charge in [0.05, 0.1) is 23.4 Å². The number of ether oxygens (including phenoxy) is 2. The second kappa shape index (κ2) is 12.6. The standard InChI is InChI=1S/C30H37ClN6O4/c1-17(22-13-21-15-33-29(40-6)37-26(21)36-28(22)39)34-24-14-20(11-12-23(24)31)27(38)35-25(19-9-7-8-10-19)16-32-18(2)41-30(3,4)5/h11-15,19,25,32,34H,1-2,7-10,16H2,3-6H3,(H,35,38)(H,33,36,37,39). The minimum absolute atomic E-state index is 0.107. The van der Waals surface area contributed by atoms with Gasteiger partial charge < -0.3 is 30.4 Å². The predicted molar refractivity (Wildman–Crippen MR) is 162 cm³/mol. The number of halogens is 1. The van der Waals surface area contributed by atoms with Gasteiger partial charge in [-0.1, -0.05) is 31.0 Å². The van der Waals surface area contributed by atoms with Gasteiger partial charge in [0.15, 0.2) is 5.88 Å². The van der Waals surface area contributed by atoms with Crippen LogP contribution >= 0.6 is 11.6 Å². The number of benzene rings is 1. The van der Waals surface area contributed by atoms with Gasteiger partial charge in [-0.15, -0.1) is 0 Å². The van der Waals surface area contributed by atoms with E-state index in [2.05, 4.69) is 44.1 Å². The molecule has 3 aromatic rings. The topological polar surface area (TPSA) is 130 Å². The lowest BCUT2D eigenvalue weighted by Gasteiger charge is -2.28. The molecule has 0 saturated heterocycles. The van der Waals surface area contributed by atoms with Crippen LogP contribution in [0.2, 0.25) is 5.02 Å². The third-order valence-corrected chi connectivity index (χ3v) is 7.16. The van der Waals surface area contributed by atoms with E-state index >= 15 is 0 Å². The second-order valence-corrected chi connectivity index (χ2v) is 11.5.